The van der Waals surface area contributed by atoms with Gasteiger partial charge in [-0.15, -0.1) is 0 Å². The standard InChI is InChI=1S/C22H27NO6/c1-4-7-14-13-9-8-12(21(25)27-5-2)10-15(13)19(23)18-16(24)11-17(29-20(14)18)22(26)28-6-3/h11-12H,4-10,23H2,1-3H3. The first-order chi connectivity index (χ1) is 13.9. The Balaban J connectivity index is 2.21. The molecule has 0 fully saturated rings. The number of aryl methyl sites for hydroxylation is 1. The zero-order valence-corrected chi connectivity index (χ0v) is 17.1. The molecule has 2 aromatic rings. The maximum Gasteiger partial charge on any atom is 0.374 e. The Kier molecular flexibility index (Phi) is 6.25. The fourth-order valence-electron chi connectivity index (χ4n) is 4.07. The molecule has 2 N–H and O–H groups in total. The quantitative estimate of drug-likeness (QED) is 0.585. The Morgan fingerprint density at radius 3 is 2.55 bits per heavy atom. The first kappa shape index (κ1) is 20.9. The molecule has 0 saturated carbocycles. The molecule has 7 heteroatoms. The highest BCUT2D eigenvalue weighted by Gasteiger charge is 2.31. The normalized spacial score (nSPS) is 15.8. The van der Waals surface area contributed by atoms with Crippen LogP contribution in [0.15, 0.2) is 15.3 Å². The van der Waals surface area contributed by atoms with Crippen LogP contribution in [0.4, 0.5) is 5.69 Å². The Morgan fingerprint density at radius 1 is 1.17 bits per heavy atom. The maximum atomic E-state index is 12.8. The van der Waals surface area contributed by atoms with Crippen molar-refractivity contribution in [3.63, 3.8) is 0 Å². The van der Waals surface area contributed by atoms with Gasteiger partial charge in [-0.25, -0.2) is 4.79 Å². The van der Waals surface area contributed by atoms with E-state index in [1.54, 1.807) is 13.8 Å². The number of benzene rings is 1. The van der Waals surface area contributed by atoms with Gasteiger partial charge in [0.25, 0.3) is 0 Å². The molecule has 156 valence electrons. The number of esters is 2. The number of carbonyl (C=O) groups excluding carboxylic acids is 2. The maximum absolute atomic E-state index is 12.8. The Hall–Kier alpha value is -2.83. The van der Waals surface area contributed by atoms with Crippen molar-refractivity contribution in [1.82, 2.24) is 0 Å². The minimum Gasteiger partial charge on any atom is -0.466 e. The van der Waals surface area contributed by atoms with E-state index in [1.165, 1.54) is 0 Å². The highest BCUT2D eigenvalue weighted by atomic mass is 16.5. The molecule has 0 bridgehead atoms. The summed E-state index contributed by atoms with van der Waals surface area (Å²) < 4.78 is 16.0. The zero-order valence-electron chi connectivity index (χ0n) is 17.1. The average Bonchev–Trinajstić information content (AvgIpc) is 2.70. The first-order valence-corrected chi connectivity index (χ1v) is 10.2. The summed E-state index contributed by atoms with van der Waals surface area (Å²) in [6, 6.07) is 1.13. The largest absolute Gasteiger partial charge is 0.466 e. The van der Waals surface area contributed by atoms with E-state index in [0.29, 0.717) is 43.6 Å². The van der Waals surface area contributed by atoms with Gasteiger partial charge in [-0.3, -0.25) is 9.59 Å². The van der Waals surface area contributed by atoms with Gasteiger partial charge in [-0.05, 0) is 56.2 Å². The number of anilines is 1. The number of ether oxygens (including phenoxy) is 2. The third-order valence-electron chi connectivity index (χ3n) is 5.33. The summed E-state index contributed by atoms with van der Waals surface area (Å²) >= 11 is 0. The van der Waals surface area contributed by atoms with Crippen LogP contribution in [0.5, 0.6) is 0 Å². The lowest BCUT2D eigenvalue weighted by molar-refractivity contribution is -0.148. The summed E-state index contributed by atoms with van der Waals surface area (Å²) in [6.45, 7) is 6.02. The van der Waals surface area contributed by atoms with Crippen molar-refractivity contribution in [2.75, 3.05) is 18.9 Å². The van der Waals surface area contributed by atoms with Gasteiger partial charge in [0, 0.05) is 6.07 Å². The monoisotopic (exact) mass is 401 g/mol. The van der Waals surface area contributed by atoms with Gasteiger partial charge >= 0.3 is 11.9 Å². The number of rotatable bonds is 6. The molecule has 0 saturated heterocycles. The van der Waals surface area contributed by atoms with Crippen molar-refractivity contribution < 1.29 is 23.5 Å². The van der Waals surface area contributed by atoms with Gasteiger partial charge in [0.15, 0.2) is 5.43 Å². The smallest absolute Gasteiger partial charge is 0.374 e. The third-order valence-corrected chi connectivity index (χ3v) is 5.33. The lowest BCUT2D eigenvalue weighted by Crippen LogP contribution is -2.27. The minimum atomic E-state index is -0.674. The molecule has 1 unspecified atom stereocenters. The van der Waals surface area contributed by atoms with E-state index in [4.69, 9.17) is 19.6 Å². The summed E-state index contributed by atoms with van der Waals surface area (Å²) in [6.07, 6.45) is 3.24. The SMILES string of the molecule is CCCc1c2c(c(N)c3c(=O)cc(C(=O)OCC)oc13)CC(C(=O)OCC)CC2. The van der Waals surface area contributed by atoms with E-state index < -0.39 is 5.97 Å². The predicted octanol–water partition coefficient (Wildman–Crippen LogP) is 3.17. The van der Waals surface area contributed by atoms with Crippen molar-refractivity contribution in [3.8, 4) is 0 Å². The molecule has 0 radical (unpaired) electrons. The molecule has 1 heterocycles. The molecule has 1 aliphatic rings. The molecule has 7 nitrogen and oxygen atoms in total. The molecule has 1 aromatic heterocycles. The average molecular weight is 401 g/mol. The van der Waals surface area contributed by atoms with Crippen LogP contribution in [0.25, 0.3) is 11.0 Å². The van der Waals surface area contributed by atoms with Crippen molar-refractivity contribution >= 4 is 28.6 Å². The van der Waals surface area contributed by atoms with Crippen LogP contribution in [0.1, 0.15) is 60.9 Å². The molecule has 29 heavy (non-hydrogen) atoms. The van der Waals surface area contributed by atoms with Crippen LogP contribution in [0, 0.1) is 5.92 Å². The summed E-state index contributed by atoms with van der Waals surface area (Å²) in [5.74, 6) is -1.31. The lowest BCUT2D eigenvalue weighted by atomic mass is 9.79. The zero-order chi connectivity index (χ0) is 21.1. The molecule has 0 spiro atoms. The van der Waals surface area contributed by atoms with Crippen LogP contribution in [0.3, 0.4) is 0 Å². The van der Waals surface area contributed by atoms with Gasteiger partial charge < -0.3 is 19.6 Å². The van der Waals surface area contributed by atoms with Gasteiger partial charge in [-0.1, -0.05) is 13.3 Å². The molecule has 1 atom stereocenters. The summed E-state index contributed by atoms with van der Waals surface area (Å²) in [5, 5.41) is 0.268. The van der Waals surface area contributed by atoms with Crippen molar-refractivity contribution in [3.05, 3.63) is 38.7 Å². The number of fused-ring (bicyclic) bond motifs is 2. The fraction of sp³-hybridized carbons (Fsp3) is 0.500. The van der Waals surface area contributed by atoms with Crippen LogP contribution in [-0.4, -0.2) is 25.2 Å². The van der Waals surface area contributed by atoms with E-state index in [2.05, 4.69) is 0 Å². The van der Waals surface area contributed by atoms with Gasteiger partial charge in [-0.2, -0.15) is 0 Å². The molecule has 0 aliphatic heterocycles. The van der Waals surface area contributed by atoms with Gasteiger partial charge in [0.1, 0.15) is 5.58 Å². The van der Waals surface area contributed by atoms with Crippen LogP contribution < -0.4 is 11.2 Å². The number of hydrogen-bond donors (Lipinski definition) is 1. The van der Waals surface area contributed by atoms with Crippen LogP contribution in [-0.2, 0) is 33.5 Å². The highest BCUT2D eigenvalue weighted by molar-refractivity contribution is 5.97. The molecule has 0 amide bonds. The molecule has 3 rings (SSSR count). The van der Waals surface area contributed by atoms with E-state index >= 15 is 0 Å². The summed E-state index contributed by atoms with van der Waals surface area (Å²) in [4.78, 5) is 37.2. The Labute approximate surface area is 169 Å². The van der Waals surface area contributed by atoms with Gasteiger partial charge in [0.2, 0.25) is 5.76 Å². The van der Waals surface area contributed by atoms with Crippen LogP contribution in [0.2, 0.25) is 0 Å². The van der Waals surface area contributed by atoms with E-state index in [-0.39, 0.29) is 35.1 Å². The second-order valence-corrected chi connectivity index (χ2v) is 7.19. The fourth-order valence-corrected chi connectivity index (χ4v) is 4.07. The summed E-state index contributed by atoms with van der Waals surface area (Å²) in [5.41, 5.74) is 9.42. The molecule has 1 aliphatic carbocycles. The molecular formula is C22H27NO6. The van der Waals surface area contributed by atoms with Crippen LogP contribution >= 0.6 is 0 Å². The third kappa shape index (κ3) is 3.86. The second-order valence-electron chi connectivity index (χ2n) is 7.19. The number of nitrogen functional groups attached to an aromatic ring is 1. The number of hydrogen-bond acceptors (Lipinski definition) is 7. The lowest BCUT2D eigenvalue weighted by Gasteiger charge is -2.27. The number of nitrogens with two attached hydrogens (primary N) is 1. The topological polar surface area (TPSA) is 109 Å². The first-order valence-electron chi connectivity index (χ1n) is 10.2. The summed E-state index contributed by atoms with van der Waals surface area (Å²) in [7, 11) is 0. The van der Waals surface area contributed by atoms with Crippen molar-refractivity contribution in [1.29, 1.82) is 0 Å². The Morgan fingerprint density at radius 2 is 1.90 bits per heavy atom. The van der Waals surface area contributed by atoms with E-state index in [1.807, 2.05) is 6.92 Å². The highest BCUT2D eigenvalue weighted by Crippen LogP contribution is 2.38. The molecular weight excluding hydrogens is 374 g/mol. The van der Waals surface area contributed by atoms with E-state index in [9.17, 15) is 14.4 Å². The Bertz CT molecular complexity index is 1010. The predicted molar refractivity (Wildman–Crippen MR) is 109 cm³/mol. The number of carbonyl (C=O) groups is 2. The van der Waals surface area contributed by atoms with Crippen molar-refractivity contribution in [2.24, 2.45) is 5.92 Å². The minimum absolute atomic E-state index is 0.124. The van der Waals surface area contributed by atoms with E-state index in [0.717, 1.165) is 29.2 Å². The van der Waals surface area contributed by atoms with Gasteiger partial charge in [0.05, 0.1) is 30.2 Å². The molecule has 1 aromatic carbocycles. The second kappa shape index (κ2) is 8.68. The van der Waals surface area contributed by atoms with Crippen molar-refractivity contribution in [2.45, 2.75) is 52.9 Å².